The predicted molar refractivity (Wildman–Crippen MR) is 150 cm³/mol. The van der Waals surface area contributed by atoms with E-state index >= 15 is 0 Å². The van der Waals surface area contributed by atoms with Crippen molar-refractivity contribution in [1.82, 2.24) is 0 Å². The van der Waals surface area contributed by atoms with Crippen LogP contribution in [-0.4, -0.2) is 17.3 Å². The second-order valence-electron chi connectivity index (χ2n) is 11.2. The molecule has 2 rings (SSSR count). The first kappa shape index (κ1) is 29.2. The average Bonchev–Trinajstić information content (AvgIpc) is 2.82. The van der Waals surface area contributed by atoms with E-state index in [2.05, 4.69) is 40.7 Å². The minimum atomic E-state index is 0.212. The highest BCUT2D eigenvalue weighted by Gasteiger charge is 2.18. The minimum Gasteiger partial charge on any atom is -0.507 e. The third-order valence-corrected chi connectivity index (χ3v) is 7.46. The zero-order chi connectivity index (χ0) is 25.8. The van der Waals surface area contributed by atoms with Gasteiger partial charge in [-0.15, -0.1) is 0 Å². The van der Waals surface area contributed by atoms with Crippen molar-refractivity contribution in [3.05, 3.63) is 47.0 Å². The van der Waals surface area contributed by atoms with Crippen LogP contribution in [0.3, 0.4) is 0 Å². The van der Waals surface area contributed by atoms with E-state index < -0.39 is 0 Å². The molecule has 0 saturated heterocycles. The Balaban J connectivity index is 1.82. The molecular weight excluding hydrogens is 432 g/mol. The molecule has 196 valence electrons. The van der Waals surface area contributed by atoms with Crippen molar-refractivity contribution in [2.24, 2.45) is 17.8 Å². The van der Waals surface area contributed by atoms with E-state index in [9.17, 15) is 10.2 Å². The van der Waals surface area contributed by atoms with Gasteiger partial charge in [0.2, 0.25) is 0 Å². The van der Waals surface area contributed by atoms with E-state index in [4.69, 9.17) is 4.74 Å². The molecule has 0 heterocycles. The topological polar surface area (TPSA) is 49.7 Å². The SMILES string of the molecule is COCc1c(C/C=C(\C)CCC[C@H](C)CCC[C@H](C)CCCC(C)C)c(O)c2ccccc2c1O. The average molecular weight is 483 g/mol. The van der Waals surface area contributed by atoms with Gasteiger partial charge in [0.1, 0.15) is 11.5 Å². The molecule has 0 aromatic heterocycles. The molecule has 0 spiro atoms. The van der Waals surface area contributed by atoms with Gasteiger partial charge in [-0.05, 0) is 43.9 Å². The molecule has 0 amide bonds. The van der Waals surface area contributed by atoms with E-state index in [1.54, 1.807) is 7.11 Å². The summed E-state index contributed by atoms with van der Waals surface area (Å²) in [5.74, 6) is 2.93. The van der Waals surface area contributed by atoms with Crippen LogP contribution in [0.4, 0.5) is 0 Å². The Labute approximate surface area is 214 Å². The first-order valence-electron chi connectivity index (χ1n) is 13.8. The largest absolute Gasteiger partial charge is 0.507 e. The summed E-state index contributed by atoms with van der Waals surface area (Å²) in [6, 6.07) is 7.45. The molecule has 2 aromatic carbocycles. The van der Waals surface area contributed by atoms with Crippen LogP contribution >= 0.6 is 0 Å². The Morgan fingerprint density at radius 2 is 1.31 bits per heavy atom. The lowest BCUT2D eigenvalue weighted by molar-refractivity contribution is 0.181. The van der Waals surface area contributed by atoms with Gasteiger partial charge in [-0.3, -0.25) is 0 Å². The highest BCUT2D eigenvalue weighted by atomic mass is 16.5. The number of hydrogen-bond acceptors (Lipinski definition) is 3. The molecule has 0 radical (unpaired) electrons. The fraction of sp³-hybridized carbons (Fsp3) is 0.625. The molecule has 0 bridgehead atoms. The van der Waals surface area contributed by atoms with Gasteiger partial charge in [-0.2, -0.15) is 0 Å². The van der Waals surface area contributed by atoms with E-state index in [1.807, 2.05) is 24.3 Å². The fourth-order valence-electron chi connectivity index (χ4n) is 5.11. The number of hydrogen-bond donors (Lipinski definition) is 2. The monoisotopic (exact) mass is 482 g/mol. The predicted octanol–water partition coefficient (Wildman–Crippen LogP) is 9.33. The number of aromatic hydroxyl groups is 2. The molecule has 0 aliphatic heterocycles. The van der Waals surface area contributed by atoms with Gasteiger partial charge in [0, 0.05) is 29.0 Å². The first-order chi connectivity index (χ1) is 16.7. The number of benzene rings is 2. The van der Waals surface area contributed by atoms with Crippen molar-refractivity contribution in [3.63, 3.8) is 0 Å². The van der Waals surface area contributed by atoms with Gasteiger partial charge in [0.15, 0.2) is 0 Å². The maximum absolute atomic E-state index is 10.9. The second-order valence-corrected chi connectivity index (χ2v) is 11.2. The molecule has 0 aliphatic carbocycles. The summed E-state index contributed by atoms with van der Waals surface area (Å²) in [4.78, 5) is 0. The zero-order valence-electron chi connectivity index (χ0n) is 23.2. The number of allylic oxidation sites excluding steroid dienone is 2. The smallest absolute Gasteiger partial charge is 0.129 e. The summed E-state index contributed by atoms with van der Waals surface area (Å²) < 4.78 is 5.33. The van der Waals surface area contributed by atoms with Gasteiger partial charge >= 0.3 is 0 Å². The Kier molecular flexibility index (Phi) is 12.7. The quantitative estimate of drug-likeness (QED) is 0.185. The summed E-state index contributed by atoms with van der Waals surface area (Å²) in [6.45, 7) is 11.9. The Morgan fingerprint density at radius 1 is 0.800 bits per heavy atom. The van der Waals surface area contributed by atoms with E-state index in [0.29, 0.717) is 22.8 Å². The van der Waals surface area contributed by atoms with Crippen molar-refractivity contribution in [2.45, 2.75) is 105 Å². The van der Waals surface area contributed by atoms with Crippen LogP contribution in [0.15, 0.2) is 35.9 Å². The van der Waals surface area contributed by atoms with Gasteiger partial charge in [0.05, 0.1) is 6.61 Å². The lowest BCUT2D eigenvalue weighted by Gasteiger charge is -2.16. The molecule has 0 aliphatic rings. The number of phenolic OH excluding ortho intramolecular Hbond substituents is 2. The van der Waals surface area contributed by atoms with Crippen molar-refractivity contribution >= 4 is 10.8 Å². The normalized spacial score (nSPS) is 14.1. The van der Waals surface area contributed by atoms with Gasteiger partial charge in [-0.1, -0.05) is 109 Å². The highest BCUT2D eigenvalue weighted by Crippen LogP contribution is 2.40. The van der Waals surface area contributed by atoms with Gasteiger partial charge < -0.3 is 14.9 Å². The Hall–Kier alpha value is -2.00. The van der Waals surface area contributed by atoms with E-state index in [1.165, 1.54) is 56.9 Å². The van der Waals surface area contributed by atoms with Crippen molar-refractivity contribution in [1.29, 1.82) is 0 Å². The number of fused-ring (bicyclic) bond motifs is 1. The third-order valence-electron chi connectivity index (χ3n) is 7.46. The molecular formula is C32H50O3. The molecule has 2 aromatic rings. The highest BCUT2D eigenvalue weighted by molar-refractivity contribution is 5.95. The summed E-state index contributed by atoms with van der Waals surface area (Å²) in [5.41, 5.74) is 2.78. The van der Waals surface area contributed by atoms with E-state index in [-0.39, 0.29) is 18.1 Å². The zero-order valence-corrected chi connectivity index (χ0v) is 23.2. The van der Waals surface area contributed by atoms with Gasteiger partial charge in [-0.25, -0.2) is 0 Å². The fourth-order valence-corrected chi connectivity index (χ4v) is 5.11. The van der Waals surface area contributed by atoms with Gasteiger partial charge in [0.25, 0.3) is 0 Å². The summed E-state index contributed by atoms with van der Waals surface area (Å²) in [7, 11) is 1.62. The van der Waals surface area contributed by atoms with Crippen LogP contribution in [0.1, 0.15) is 104 Å². The van der Waals surface area contributed by atoms with Crippen molar-refractivity contribution < 1.29 is 14.9 Å². The minimum absolute atomic E-state index is 0.212. The van der Waals surface area contributed by atoms with Crippen LogP contribution in [-0.2, 0) is 17.8 Å². The summed E-state index contributed by atoms with van der Waals surface area (Å²) in [5, 5.41) is 23.1. The van der Waals surface area contributed by atoms with Crippen LogP contribution in [0, 0.1) is 17.8 Å². The Bertz CT molecular complexity index is 928. The number of methoxy groups -OCH3 is 1. The summed E-state index contributed by atoms with van der Waals surface area (Å²) in [6.07, 6.45) is 14.5. The maximum atomic E-state index is 10.9. The lowest BCUT2D eigenvalue weighted by Crippen LogP contribution is -2.00. The number of phenols is 2. The lowest BCUT2D eigenvalue weighted by atomic mass is 9.91. The second kappa shape index (κ2) is 15.2. The Morgan fingerprint density at radius 3 is 1.86 bits per heavy atom. The molecule has 0 unspecified atom stereocenters. The van der Waals surface area contributed by atoms with Crippen LogP contribution in [0.25, 0.3) is 10.8 Å². The summed E-state index contributed by atoms with van der Waals surface area (Å²) >= 11 is 0. The van der Waals surface area contributed by atoms with Crippen LogP contribution in [0.5, 0.6) is 11.5 Å². The first-order valence-corrected chi connectivity index (χ1v) is 13.8. The molecule has 0 saturated carbocycles. The molecule has 3 nitrogen and oxygen atoms in total. The van der Waals surface area contributed by atoms with Crippen LogP contribution in [0.2, 0.25) is 0 Å². The molecule has 2 N–H and O–H groups in total. The van der Waals surface area contributed by atoms with E-state index in [0.717, 1.165) is 29.7 Å². The molecule has 35 heavy (non-hydrogen) atoms. The molecule has 2 atom stereocenters. The molecule has 3 heteroatoms. The van der Waals surface area contributed by atoms with Crippen molar-refractivity contribution in [3.8, 4) is 11.5 Å². The number of ether oxygens (including phenoxy) is 1. The maximum Gasteiger partial charge on any atom is 0.129 e. The van der Waals surface area contributed by atoms with Crippen LogP contribution < -0.4 is 0 Å². The number of rotatable bonds is 16. The van der Waals surface area contributed by atoms with Crippen molar-refractivity contribution in [2.75, 3.05) is 7.11 Å². The third kappa shape index (κ3) is 9.52. The standard InChI is InChI=1S/C32H50O3/c1-23(2)12-9-13-24(3)14-10-15-25(4)16-11-17-26(5)20-21-29-30(22-35-6)32(34)28-19-8-7-18-27(28)31(29)33/h7-8,18-20,23-25,33-34H,9-17,21-22H2,1-6H3/b26-20+/t24-,25-/m1/s1. The molecule has 0 fully saturated rings.